The van der Waals surface area contributed by atoms with Crippen LogP contribution in [-0.2, 0) is 9.84 Å². The molecule has 0 spiro atoms. The van der Waals surface area contributed by atoms with Crippen molar-refractivity contribution in [1.29, 1.82) is 0 Å². The fourth-order valence-electron chi connectivity index (χ4n) is 4.20. The van der Waals surface area contributed by atoms with E-state index in [1.807, 2.05) is 6.92 Å². The van der Waals surface area contributed by atoms with Gasteiger partial charge >= 0.3 is 0 Å². The van der Waals surface area contributed by atoms with Crippen molar-refractivity contribution in [3.63, 3.8) is 0 Å². The number of pyridine rings is 2. The van der Waals surface area contributed by atoms with Crippen LogP contribution in [0.3, 0.4) is 0 Å². The van der Waals surface area contributed by atoms with E-state index in [1.54, 1.807) is 23.1 Å². The lowest BCUT2D eigenvalue weighted by atomic mass is 9.92. The van der Waals surface area contributed by atoms with E-state index < -0.39 is 21.8 Å². The number of hydrogen-bond acceptors (Lipinski definition) is 6. The number of fused-ring (bicyclic) bond motifs is 1. The third-order valence-corrected chi connectivity index (χ3v) is 7.04. The molecule has 0 aromatic carbocycles. The molecule has 3 heterocycles. The van der Waals surface area contributed by atoms with Gasteiger partial charge in [-0.15, -0.1) is 0 Å². The first-order chi connectivity index (χ1) is 15.6. The Hall–Kier alpha value is -2.95. The molecule has 1 fully saturated rings. The second-order valence-corrected chi connectivity index (χ2v) is 10.4. The van der Waals surface area contributed by atoms with Crippen molar-refractivity contribution in [3.8, 4) is 0 Å². The first-order valence-electron chi connectivity index (χ1n) is 10.7. The van der Waals surface area contributed by atoms with Crippen molar-refractivity contribution in [2.24, 2.45) is 0 Å². The zero-order chi connectivity index (χ0) is 23.8. The van der Waals surface area contributed by atoms with Crippen LogP contribution in [0.25, 0.3) is 10.9 Å². The normalized spacial score (nSPS) is 17.7. The Morgan fingerprint density at radius 3 is 2.67 bits per heavy atom. The van der Waals surface area contributed by atoms with E-state index in [0.29, 0.717) is 41.3 Å². The maximum atomic E-state index is 13.6. The lowest BCUT2D eigenvalue weighted by molar-refractivity contribution is -0.0446. The number of alkyl halides is 2. The summed E-state index contributed by atoms with van der Waals surface area (Å²) in [5, 5.41) is 7.84. The molecule has 11 heteroatoms. The summed E-state index contributed by atoms with van der Waals surface area (Å²) in [4.78, 5) is 21.2. The zero-order valence-electron chi connectivity index (χ0n) is 18.3. The van der Waals surface area contributed by atoms with Gasteiger partial charge in [0.2, 0.25) is 5.92 Å². The van der Waals surface area contributed by atoms with Crippen LogP contribution in [-0.4, -0.2) is 46.3 Å². The molecular formula is C22H25F2N5O3S. The quantitative estimate of drug-likeness (QED) is 0.578. The first kappa shape index (κ1) is 23.2. The molecule has 1 amide bonds. The lowest BCUT2D eigenvalue weighted by Crippen LogP contribution is -2.28. The van der Waals surface area contributed by atoms with Crippen LogP contribution in [0.1, 0.15) is 67.0 Å². The van der Waals surface area contributed by atoms with Crippen LogP contribution in [0.5, 0.6) is 0 Å². The van der Waals surface area contributed by atoms with Gasteiger partial charge in [-0.1, -0.05) is 6.92 Å². The summed E-state index contributed by atoms with van der Waals surface area (Å²) in [6.45, 7) is 1.88. The van der Waals surface area contributed by atoms with Gasteiger partial charge in [0.25, 0.3) is 5.91 Å². The first-order valence-corrected chi connectivity index (χ1v) is 12.6. The molecule has 0 bridgehead atoms. The Bertz CT molecular complexity index is 1280. The number of hydrogen-bond donors (Lipinski definition) is 1. The van der Waals surface area contributed by atoms with Gasteiger partial charge in [0.1, 0.15) is 0 Å². The fraction of sp³-hybridized carbons (Fsp3) is 0.455. The van der Waals surface area contributed by atoms with Crippen molar-refractivity contribution >= 4 is 26.6 Å². The third-order valence-electron chi connectivity index (χ3n) is 6.06. The van der Waals surface area contributed by atoms with Crippen molar-refractivity contribution in [1.82, 2.24) is 25.1 Å². The summed E-state index contributed by atoms with van der Waals surface area (Å²) in [6.07, 6.45) is 7.84. The van der Waals surface area contributed by atoms with E-state index in [9.17, 15) is 22.0 Å². The molecule has 33 heavy (non-hydrogen) atoms. The Morgan fingerprint density at radius 1 is 1.27 bits per heavy atom. The minimum absolute atomic E-state index is 0.0594. The number of amides is 1. The van der Waals surface area contributed by atoms with Gasteiger partial charge < -0.3 is 5.32 Å². The van der Waals surface area contributed by atoms with Crippen molar-refractivity contribution in [2.45, 2.75) is 62.1 Å². The summed E-state index contributed by atoms with van der Waals surface area (Å²) in [5.41, 5.74) is 1.56. The molecule has 0 aliphatic heterocycles. The summed E-state index contributed by atoms with van der Waals surface area (Å²) < 4.78 is 52.5. The third kappa shape index (κ3) is 4.87. The van der Waals surface area contributed by atoms with Gasteiger partial charge in [-0.3, -0.25) is 14.5 Å². The van der Waals surface area contributed by atoms with Crippen LogP contribution >= 0.6 is 0 Å². The summed E-state index contributed by atoms with van der Waals surface area (Å²) in [5.74, 6) is -3.02. The number of rotatable bonds is 6. The Morgan fingerprint density at radius 2 is 2.00 bits per heavy atom. The summed E-state index contributed by atoms with van der Waals surface area (Å²) in [6, 6.07) is 2.52. The second kappa shape index (κ2) is 8.77. The second-order valence-electron chi connectivity index (χ2n) is 8.43. The Kier molecular flexibility index (Phi) is 6.17. The maximum absolute atomic E-state index is 13.6. The topological polar surface area (TPSA) is 107 Å². The predicted octanol–water partition coefficient (Wildman–Crippen LogP) is 3.86. The van der Waals surface area contributed by atoms with Gasteiger partial charge in [-0.05, 0) is 37.0 Å². The SMILES string of the molecule is CC[C@H](NC(=O)c1cncc2c1cnn2C1CCC(F)(F)CC1)c1ccnc(S(C)(=O)=O)c1. The highest BCUT2D eigenvalue weighted by molar-refractivity contribution is 7.90. The summed E-state index contributed by atoms with van der Waals surface area (Å²) in [7, 11) is -3.48. The average molecular weight is 478 g/mol. The smallest absolute Gasteiger partial charge is 0.254 e. The van der Waals surface area contributed by atoms with E-state index in [1.165, 1.54) is 18.5 Å². The minimum atomic E-state index is -3.48. The van der Waals surface area contributed by atoms with Crippen LogP contribution in [0.4, 0.5) is 8.78 Å². The number of nitrogens with zero attached hydrogens (tertiary/aromatic N) is 4. The zero-order valence-corrected chi connectivity index (χ0v) is 19.1. The van der Waals surface area contributed by atoms with E-state index in [-0.39, 0.29) is 29.8 Å². The minimum Gasteiger partial charge on any atom is -0.345 e. The molecule has 0 unspecified atom stereocenters. The average Bonchev–Trinajstić information content (AvgIpc) is 3.21. The van der Waals surface area contributed by atoms with Gasteiger partial charge in [0.05, 0.1) is 35.6 Å². The largest absolute Gasteiger partial charge is 0.345 e. The van der Waals surface area contributed by atoms with Crippen LogP contribution in [0, 0.1) is 0 Å². The molecule has 0 saturated heterocycles. The highest BCUT2D eigenvalue weighted by Crippen LogP contribution is 2.39. The molecule has 1 aliphatic carbocycles. The number of carbonyl (C=O) groups excluding carboxylic acids is 1. The van der Waals surface area contributed by atoms with Gasteiger partial charge in [-0.25, -0.2) is 22.2 Å². The molecule has 8 nitrogen and oxygen atoms in total. The standard InChI is InChI=1S/C22H25F2N5O3S/c1-3-18(14-6-9-26-20(10-14)33(2,31)32)28-21(30)17-11-25-13-19-16(17)12-27-29(19)15-4-7-22(23,24)8-5-15/h6,9-13,15,18H,3-5,7-8H2,1-2H3,(H,28,30)/t18-/m0/s1. The summed E-state index contributed by atoms with van der Waals surface area (Å²) >= 11 is 0. The van der Waals surface area contributed by atoms with E-state index in [0.717, 1.165) is 6.26 Å². The van der Waals surface area contributed by atoms with Crippen LogP contribution in [0.15, 0.2) is 41.9 Å². The molecule has 1 saturated carbocycles. The van der Waals surface area contributed by atoms with Gasteiger partial charge in [-0.2, -0.15) is 5.10 Å². The van der Waals surface area contributed by atoms with E-state index in [2.05, 4.69) is 20.4 Å². The molecule has 1 aliphatic rings. The van der Waals surface area contributed by atoms with Crippen molar-refractivity contribution < 1.29 is 22.0 Å². The number of nitrogens with one attached hydrogen (secondary N) is 1. The van der Waals surface area contributed by atoms with Crippen LogP contribution in [0.2, 0.25) is 0 Å². The Labute approximate surface area is 190 Å². The maximum Gasteiger partial charge on any atom is 0.254 e. The van der Waals surface area contributed by atoms with Crippen molar-refractivity contribution in [3.05, 3.63) is 48.0 Å². The molecule has 3 aromatic heterocycles. The number of carbonyl (C=O) groups is 1. The molecule has 3 aromatic rings. The molecule has 176 valence electrons. The monoisotopic (exact) mass is 477 g/mol. The van der Waals surface area contributed by atoms with Gasteiger partial charge in [0.15, 0.2) is 14.9 Å². The number of sulfone groups is 1. The molecule has 1 N–H and O–H groups in total. The number of halogens is 2. The highest BCUT2D eigenvalue weighted by atomic mass is 32.2. The Balaban J connectivity index is 1.59. The molecule has 1 atom stereocenters. The fourth-order valence-corrected chi connectivity index (χ4v) is 4.81. The predicted molar refractivity (Wildman–Crippen MR) is 118 cm³/mol. The number of aromatic nitrogens is 4. The van der Waals surface area contributed by atoms with Crippen LogP contribution < -0.4 is 5.32 Å². The lowest BCUT2D eigenvalue weighted by Gasteiger charge is -2.28. The molecule has 4 rings (SSSR count). The van der Waals surface area contributed by atoms with Crippen molar-refractivity contribution in [2.75, 3.05) is 6.26 Å². The van der Waals surface area contributed by atoms with E-state index >= 15 is 0 Å². The molecular weight excluding hydrogens is 452 g/mol. The van der Waals surface area contributed by atoms with Gasteiger partial charge in [0, 0.05) is 36.9 Å². The van der Waals surface area contributed by atoms with E-state index in [4.69, 9.17) is 0 Å². The highest BCUT2D eigenvalue weighted by Gasteiger charge is 2.36. The molecule has 0 radical (unpaired) electrons.